The minimum atomic E-state index is 0.112. The molecule has 0 spiro atoms. The first-order valence-corrected chi connectivity index (χ1v) is 5.86. The van der Waals surface area contributed by atoms with Crippen LogP contribution in [0.3, 0.4) is 0 Å². The molecule has 0 radical (unpaired) electrons. The predicted molar refractivity (Wildman–Crippen MR) is 55.8 cm³/mol. The van der Waals surface area contributed by atoms with Gasteiger partial charge in [0.1, 0.15) is 0 Å². The Morgan fingerprint density at radius 1 is 1.43 bits per heavy atom. The predicted octanol–water partition coefficient (Wildman–Crippen LogP) is 1.49. The van der Waals surface area contributed by atoms with Crippen molar-refractivity contribution in [3.63, 3.8) is 0 Å². The molecule has 0 aromatic heterocycles. The Morgan fingerprint density at radius 2 is 2.14 bits per heavy atom. The number of hydrogen-bond donors (Lipinski definition) is 1. The van der Waals surface area contributed by atoms with Crippen LogP contribution in [0, 0.1) is 0 Å². The number of hydrogen-bond acceptors (Lipinski definition) is 2. The lowest BCUT2D eigenvalue weighted by atomic mass is 10.1. The summed E-state index contributed by atoms with van der Waals surface area (Å²) in [4.78, 5) is 14.0. The van der Waals surface area contributed by atoms with Crippen molar-refractivity contribution in [3.05, 3.63) is 0 Å². The first-order chi connectivity index (χ1) is 6.83. The summed E-state index contributed by atoms with van der Waals surface area (Å²) in [5.74, 6) is 0.346. The molecule has 0 bridgehead atoms. The van der Waals surface area contributed by atoms with E-state index in [2.05, 4.69) is 17.1 Å². The third-order valence-corrected chi connectivity index (χ3v) is 3.43. The lowest BCUT2D eigenvalue weighted by molar-refractivity contribution is -0.130. The van der Waals surface area contributed by atoms with E-state index in [0.29, 0.717) is 11.9 Å². The fourth-order valence-electron chi connectivity index (χ4n) is 2.61. The lowest BCUT2D eigenvalue weighted by Gasteiger charge is -2.22. The van der Waals surface area contributed by atoms with Gasteiger partial charge in [0, 0.05) is 6.04 Å². The molecule has 2 aliphatic rings. The van der Waals surface area contributed by atoms with Crippen LogP contribution in [0.2, 0.25) is 0 Å². The second-order valence-corrected chi connectivity index (χ2v) is 4.45. The monoisotopic (exact) mass is 196 g/mol. The Balaban J connectivity index is 1.92. The molecule has 3 heteroatoms. The van der Waals surface area contributed by atoms with E-state index < -0.39 is 0 Å². The van der Waals surface area contributed by atoms with Crippen LogP contribution < -0.4 is 5.32 Å². The van der Waals surface area contributed by atoms with Gasteiger partial charge in [0.15, 0.2) is 0 Å². The van der Waals surface area contributed by atoms with Gasteiger partial charge in [-0.3, -0.25) is 10.1 Å². The number of carbonyl (C=O) groups excluding carboxylic acids is 1. The van der Waals surface area contributed by atoms with Gasteiger partial charge in [0.05, 0.1) is 12.7 Å². The zero-order valence-corrected chi connectivity index (χ0v) is 8.96. The lowest BCUT2D eigenvalue weighted by Crippen LogP contribution is -2.36. The van der Waals surface area contributed by atoms with E-state index in [0.717, 1.165) is 19.5 Å². The Labute approximate surface area is 85.8 Å². The molecule has 1 saturated carbocycles. The van der Waals surface area contributed by atoms with Crippen LogP contribution in [0.25, 0.3) is 0 Å². The highest BCUT2D eigenvalue weighted by Crippen LogP contribution is 2.25. The molecule has 1 saturated heterocycles. The van der Waals surface area contributed by atoms with Crippen molar-refractivity contribution in [2.75, 3.05) is 6.67 Å². The van der Waals surface area contributed by atoms with Crippen molar-refractivity contribution in [2.45, 2.75) is 57.5 Å². The summed E-state index contributed by atoms with van der Waals surface area (Å²) < 4.78 is 0. The zero-order valence-electron chi connectivity index (χ0n) is 8.96. The molecule has 14 heavy (non-hydrogen) atoms. The molecule has 2 fully saturated rings. The Bertz CT molecular complexity index is 211. The minimum absolute atomic E-state index is 0.112. The van der Waals surface area contributed by atoms with Gasteiger partial charge in [0.2, 0.25) is 5.91 Å². The van der Waals surface area contributed by atoms with Crippen LogP contribution in [0.5, 0.6) is 0 Å². The summed E-state index contributed by atoms with van der Waals surface area (Å²) >= 11 is 0. The molecule has 1 atom stereocenters. The molecule has 1 aliphatic heterocycles. The first kappa shape index (κ1) is 9.97. The number of amides is 1. The second-order valence-electron chi connectivity index (χ2n) is 4.45. The third-order valence-electron chi connectivity index (χ3n) is 3.43. The average Bonchev–Trinajstić information content (AvgIpc) is 2.77. The summed E-state index contributed by atoms with van der Waals surface area (Å²) in [6.45, 7) is 2.92. The van der Waals surface area contributed by atoms with Crippen molar-refractivity contribution < 1.29 is 4.79 Å². The highest BCUT2D eigenvalue weighted by Gasteiger charge is 2.35. The molecule has 1 unspecified atom stereocenters. The van der Waals surface area contributed by atoms with Crippen molar-refractivity contribution in [3.8, 4) is 0 Å². The molecule has 1 heterocycles. The van der Waals surface area contributed by atoms with Crippen LogP contribution >= 0.6 is 0 Å². The largest absolute Gasteiger partial charge is 0.326 e. The maximum atomic E-state index is 11.9. The fourth-order valence-corrected chi connectivity index (χ4v) is 2.61. The molecule has 1 N–H and O–H groups in total. The van der Waals surface area contributed by atoms with Crippen molar-refractivity contribution >= 4 is 5.91 Å². The summed E-state index contributed by atoms with van der Waals surface area (Å²) in [6.07, 6.45) is 7.10. The highest BCUT2D eigenvalue weighted by atomic mass is 16.2. The van der Waals surface area contributed by atoms with E-state index in [4.69, 9.17) is 0 Å². The van der Waals surface area contributed by atoms with Gasteiger partial charge in [-0.05, 0) is 19.3 Å². The number of nitrogens with zero attached hydrogens (tertiary/aromatic N) is 1. The highest BCUT2D eigenvalue weighted by molar-refractivity contribution is 5.84. The smallest absolute Gasteiger partial charge is 0.241 e. The summed E-state index contributed by atoms with van der Waals surface area (Å²) in [5, 5.41) is 3.31. The quantitative estimate of drug-likeness (QED) is 0.741. The summed E-state index contributed by atoms with van der Waals surface area (Å²) in [5.41, 5.74) is 0. The molecular weight excluding hydrogens is 176 g/mol. The van der Waals surface area contributed by atoms with Gasteiger partial charge in [-0.25, -0.2) is 0 Å². The van der Waals surface area contributed by atoms with E-state index in [9.17, 15) is 4.79 Å². The van der Waals surface area contributed by atoms with Crippen LogP contribution in [0.1, 0.15) is 45.4 Å². The number of carbonyl (C=O) groups is 1. The SMILES string of the molecule is CCCC1NCN(C2CCCC2)C1=O. The Hall–Kier alpha value is -0.570. The van der Waals surface area contributed by atoms with Gasteiger partial charge in [-0.15, -0.1) is 0 Å². The normalized spacial score (nSPS) is 29.1. The van der Waals surface area contributed by atoms with Gasteiger partial charge in [-0.2, -0.15) is 0 Å². The minimum Gasteiger partial charge on any atom is -0.326 e. The Morgan fingerprint density at radius 3 is 2.79 bits per heavy atom. The van der Waals surface area contributed by atoms with Crippen LogP contribution in [-0.4, -0.2) is 29.6 Å². The third kappa shape index (κ3) is 1.78. The van der Waals surface area contributed by atoms with Crippen LogP contribution in [0.4, 0.5) is 0 Å². The molecule has 0 aromatic carbocycles. The van der Waals surface area contributed by atoms with Gasteiger partial charge < -0.3 is 4.90 Å². The zero-order chi connectivity index (χ0) is 9.97. The van der Waals surface area contributed by atoms with Crippen molar-refractivity contribution in [1.82, 2.24) is 10.2 Å². The summed E-state index contributed by atoms with van der Waals surface area (Å²) in [7, 11) is 0. The van der Waals surface area contributed by atoms with Gasteiger partial charge >= 0.3 is 0 Å². The average molecular weight is 196 g/mol. The van der Waals surface area contributed by atoms with Crippen molar-refractivity contribution in [2.24, 2.45) is 0 Å². The van der Waals surface area contributed by atoms with E-state index >= 15 is 0 Å². The van der Waals surface area contributed by atoms with E-state index in [-0.39, 0.29) is 6.04 Å². The van der Waals surface area contributed by atoms with E-state index in [1.807, 2.05) is 0 Å². The van der Waals surface area contributed by atoms with Gasteiger partial charge in [-0.1, -0.05) is 26.2 Å². The molecule has 2 rings (SSSR count). The molecular formula is C11H20N2O. The fraction of sp³-hybridized carbons (Fsp3) is 0.909. The van der Waals surface area contributed by atoms with E-state index in [1.54, 1.807) is 0 Å². The first-order valence-electron chi connectivity index (χ1n) is 5.86. The molecule has 1 amide bonds. The second kappa shape index (κ2) is 4.30. The standard InChI is InChI=1S/C11H20N2O/c1-2-5-10-11(14)13(8-12-10)9-6-3-4-7-9/h9-10,12H,2-8H2,1H3. The van der Waals surface area contributed by atoms with Crippen LogP contribution in [0.15, 0.2) is 0 Å². The topological polar surface area (TPSA) is 32.3 Å². The number of rotatable bonds is 3. The summed E-state index contributed by atoms with van der Waals surface area (Å²) in [6, 6.07) is 0.650. The molecule has 3 nitrogen and oxygen atoms in total. The van der Waals surface area contributed by atoms with Crippen molar-refractivity contribution in [1.29, 1.82) is 0 Å². The molecule has 80 valence electrons. The molecule has 0 aromatic rings. The Kier molecular flexibility index (Phi) is 3.06. The van der Waals surface area contributed by atoms with Gasteiger partial charge in [0.25, 0.3) is 0 Å². The number of nitrogens with one attached hydrogen (secondary N) is 1. The van der Waals surface area contributed by atoms with Crippen LogP contribution in [-0.2, 0) is 4.79 Å². The molecule has 1 aliphatic carbocycles. The maximum Gasteiger partial charge on any atom is 0.241 e. The maximum absolute atomic E-state index is 11.9. The van der Waals surface area contributed by atoms with E-state index in [1.165, 1.54) is 25.7 Å².